The predicted octanol–water partition coefficient (Wildman–Crippen LogP) is 2.95. The van der Waals surface area contributed by atoms with E-state index in [0.29, 0.717) is 36.8 Å². The first-order valence-electron chi connectivity index (χ1n) is 12.2. The smallest absolute Gasteiger partial charge is 0.244 e. The second-order valence-corrected chi connectivity index (χ2v) is 11.0. The third kappa shape index (κ3) is 6.69. The number of benzene rings is 2. The van der Waals surface area contributed by atoms with E-state index >= 15 is 0 Å². The van der Waals surface area contributed by atoms with E-state index in [1.807, 2.05) is 51.1 Å². The number of anilines is 1. The highest BCUT2D eigenvalue weighted by Gasteiger charge is 2.33. The Balaban J connectivity index is 1.97. The molecule has 0 fully saturated rings. The van der Waals surface area contributed by atoms with Crippen LogP contribution in [0.4, 0.5) is 5.69 Å². The molecule has 0 radical (unpaired) electrons. The van der Waals surface area contributed by atoms with Gasteiger partial charge in [-0.3, -0.25) is 13.9 Å². The van der Waals surface area contributed by atoms with Gasteiger partial charge in [0.25, 0.3) is 0 Å². The van der Waals surface area contributed by atoms with Crippen LogP contribution in [-0.4, -0.2) is 62.7 Å². The standard InChI is InChI=1S/C26H35N3O6S/c1-5-22(26(31)27-19(3)4)28(17-20-10-8-7-9-11-20)25(30)18-29(36(32,33)6-2)21-12-13-23-24(16-21)35-15-14-34-23/h7-13,16,19,22H,5-6,14-15,17-18H2,1-4H3,(H,27,31)/t22-/m0/s1. The van der Waals surface area contributed by atoms with Crippen molar-refractivity contribution in [3.8, 4) is 11.5 Å². The van der Waals surface area contributed by atoms with E-state index in [-0.39, 0.29) is 24.2 Å². The molecule has 0 bridgehead atoms. The lowest BCUT2D eigenvalue weighted by Gasteiger charge is -2.33. The highest BCUT2D eigenvalue weighted by Crippen LogP contribution is 2.35. The third-order valence-electron chi connectivity index (χ3n) is 5.81. The summed E-state index contributed by atoms with van der Waals surface area (Å²) in [5.41, 5.74) is 1.14. The molecule has 0 spiro atoms. The van der Waals surface area contributed by atoms with Gasteiger partial charge in [-0.15, -0.1) is 0 Å². The fraction of sp³-hybridized carbons (Fsp3) is 0.462. The molecular formula is C26H35N3O6S. The van der Waals surface area contributed by atoms with Gasteiger partial charge in [-0.2, -0.15) is 0 Å². The maximum atomic E-state index is 13.8. The summed E-state index contributed by atoms with van der Waals surface area (Å²) in [4.78, 5) is 28.2. The van der Waals surface area contributed by atoms with E-state index < -0.39 is 28.5 Å². The summed E-state index contributed by atoms with van der Waals surface area (Å²) in [6.45, 7) is 7.54. The van der Waals surface area contributed by atoms with Crippen LogP contribution in [0.25, 0.3) is 0 Å². The van der Waals surface area contributed by atoms with Crippen LogP contribution >= 0.6 is 0 Å². The number of hydrogen-bond donors (Lipinski definition) is 1. The molecule has 2 aromatic rings. The van der Waals surface area contributed by atoms with Crippen LogP contribution < -0.4 is 19.1 Å². The molecule has 1 aliphatic heterocycles. The van der Waals surface area contributed by atoms with Gasteiger partial charge in [-0.1, -0.05) is 37.3 Å². The van der Waals surface area contributed by atoms with E-state index in [1.165, 1.54) is 11.8 Å². The number of nitrogens with zero attached hydrogens (tertiary/aromatic N) is 2. The SMILES string of the molecule is CC[C@@H](C(=O)NC(C)C)N(Cc1ccccc1)C(=O)CN(c1ccc2c(c1)OCCO2)S(=O)(=O)CC. The zero-order valence-electron chi connectivity index (χ0n) is 21.3. The zero-order chi connectivity index (χ0) is 26.3. The van der Waals surface area contributed by atoms with Crippen molar-refractivity contribution in [3.63, 3.8) is 0 Å². The molecule has 0 aliphatic carbocycles. The number of rotatable bonds is 11. The minimum Gasteiger partial charge on any atom is -0.486 e. The van der Waals surface area contributed by atoms with E-state index in [0.717, 1.165) is 9.87 Å². The van der Waals surface area contributed by atoms with Crippen molar-refractivity contribution in [1.29, 1.82) is 0 Å². The van der Waals surface area contributed by atoms with Crippen molar-refractivity contribution in [2.45, 2.75) is 52.7 Å². The van der Waals surface area contributed by atoms with Crippen LogP contribution in [0.2, 0.25) is 0 Å². The fourth-order valence-corrected chi connectivity index (χ4v) is 5.04. The molecule has 0 aromatic heterocycles. The lowest BCUT2D eigenvalue weighted by Crippen LogP contribution is -2.53. The minimum atomic E-state index is -3.82. The number of ether oxygens (including phenoxy) is 2. The van der Waals surface area contributed by atoms with Crippen LogP contribution in [0.3, 0.4) is 0 Å². The van der Waals surface area contributed by atoms with Crippen molar-refractivity contribution in [2.75, 3.05) is 29.8 Å². The lowest BCUT2D eigenvalue weighted by atomic mass is 10.1. The average Bonchev–Trinajstić information content (AvgIpc) is 2.86. The van der Waals surface area contributed by atoms with E-state index in [2.05, 4.69) is 5.32 Å². The molecule has 0 unspecified atom stereocenters. The van der Waals surface area contributed by atoms with Gasteiger partial charge in [0.2, 0.25) is 21.8 Å². The topological polar surface area (TPSA) is 105 Å². The van der Waals surface area contributed by atoms with Gasteiger partial charge in [-0.05, 0) is 44.9 Å². The average molecular weight is 518 g/mol. The number of hydrogen-bond acceptors (Lipinski definition) is 6. The maximum absolute atomic E-state index is 13.8. The molecule has 1 aliphatic rings. The number of sulfonamides is 1. The largest absolute Gasteiger partial charge is 0.486 e. The molecule has 196 valence electrons. The fourth-order valence-electron chi connectivity index (χ4n) is 3.99. The Hall–Kier alpha value is -3.27. The van der Waals surface area contributed by atoms with Gasteiger partial charge in [-0.25, -0.2) is 8.42 Å². The third-order valence-corrected chi connectivity index (χ3v) is 7.55. The Labute approximate surface area is 213 Å². The Morgan fingerprint density at radius 3 is 2.28 bits per heavy atom. The number of nitrogens with one attached hydrogen (secondary N) is 1. The first-order chi connectivity index (χ1) is 17.2. The van der Waals surface area contributed by atoms with Gasteiger partial charge in [0.05, 0.1) is 11.4 Å². The van der Waals surface area contributed by atoms with E-state index in [9.17, 15) is 18.0 Å². The summed E-state index contributed by atoms with van der Waals surface area (Å²) in [6, 6.07) is 13.3. The number of carbonyl (C=O) groups is 2. The van der Waals surface area contributed by atoms with Crippen LogP contribution in [-0.2, 0) is 26.2 Å². The Morgan fingerprint density at radius 1 is 1.00 bits per heavy atom. The van der Waals surface area contributed by atoms with Crippen molar-refractivity contribution in [1.82, 2.24) is 10.2 Å². The Bertz CT molecular complexity index is 1150. The molecule has 10 heteroatoms. The van der Waals surface area contributed by atoms with Crippen molar-refractivity contribution in [3.05, 3.63) is 54.1 Å². The summed E-state index contributed by atoms with van der Waals surface area (Å²) in [5.74, 6) is -0.00505. The van der Waals surface area contributed by atoms with Crippen molar-refractivity contribution in [2.24, 2.45) is 0 Å². The normalized spacial score (nSPS) is 13.7. The lowest BCUT2D eigenvalue weighted by molar-refractivity contribution is -0.140. The molecule has 1 N–H and O–H groups in total. The van der Waals surface area contributed by atoms with Gasteiger partial charge in [0.15, 0.2) is 11.5 Å². The van der Waals surface area contributed by atoms with Crippen LogP contribution in [0, 0.1) is 0 Å². The molecule has 0 saturated heterocycles. The molecule has 3 rings (SSSR count). The predicted molar refractivity (Wildman–Crippen MR) is 139 cm³/mol. The minimum absolute atomic E-state index is 0.102. The summed E-state index contributed by atoms with van der Waals surface area (Å²) in [6.07, 6.45) is 0.377. The highest BCUT2D eigenvalue weighted by molar-refractivity contribution is 7.92. The second kappa shape index (κ2) is 12.1. The van der Waals surface area contributed by atoms with Gasteiger partial charge < -0.3 is 19.7 Å². The maximum Gasteiger partial charge on any atom is 0.244 e. The Kier molecular flexibility index (Phi) is 9.19. The molecule has 2 aromatic carbocycles. The molecule has 2 amide bonds. The highest BCUT2D eigenvalue weighted by atomic mass is 32.2. The first-order valence-corrected chi connectivity index (χ1v) is 13.8. The van der Waals surface area contributed by atoms with Crippen LogP contribution in [0.1, 0.15) is 39.7 Å². The van der Waals surface area contributed by atoms with Crippen LogP contribution in [0.15, 0.2) is 48.5 Å². The molecule has 1 heterocycles. The quantitative estimate of drug-likeness (QED) is 0.491. The molecule has 0 saturated carbocycles. The molecule has 36 heavy (non-hydrogen) atoms. The molecule has 9 nitrogen and oxygen atoms in total. The summed E-state index contributed by atoms with van der Waals surface area (Å²) in [5, 5.41) is 2.88. The van der Waals surface area contributed by atoms with Crippen molar-refractivity contribution < 1.29 is 27.5 Å². The van der Waals surface area contributed by atoms with Crippen LogP contribution in [0.5, 0.6) is 11.5 Å². The van der Waals surface area contributed by atoms with E-state index in [4.69, 9.17) is 9.47 Å². The summed E-state index contributed by atoms with van der Waals surface area (Å²) >= 11 is 0. The number of amides is 2. The summed E-state index contributed by atoms with van der Waals surface area (Å²) in [7, 11) is -3.82. The van der Waals surface area contributed by atoms with E-state index in [1.54, 1.807) is 18.2 Å². The zero-order valence-corrected chi connectivity index (χ0v) is 22.1. The first kappa shape index (κ1) is 27.3. The summed E-state index contributed by atoms with van der Waals surface area (Å²) < 4.78 is 38.5. The van der Waals surface area contributed by atoms with Crippen molar-refractivity contribution >= 4 is 27.5 Å². The number of fused-ring (bicyclic) bond motifs is 1. The molecular weight excluding hydrogens is 482 g/mol. The second-order valence-electron chi connectivity index (χ2n) is 8.83. The molecule has 1 atom stereocenters. The van der Waals surface area contributed by atoms with Gasteiger partial charge >= 0.3 is 0 Å². The Morgan fingerprint density at radius 2 is 1.67 bits per heavy atom. The van der Waals surface area contributed by atoms with Gasteiger partial charge in [0, 0.05) is 18.7 Å². The number of carbonyl (C=O) groups excluding carboxylic acids is 2. The monoisotopic (exact) mass is 517 g/mol. The van der Waals surface area contributed by atoms with Gasteiger partial charge in [0.1, 0.15) is 25.8 Å².